The molecule has 0 aliphatic heterocycles. The number of guanidine groups is 1. The molecule has 0 atom stereocenters. The molecule has 3 N–H and O–H groups in total. The van der Waals surface area contributed by atoms with Crippen molar-refractivity contribution in [3.8, 4) is 0 Å². The summed E-state index contributed by atoms with van der Waals surface area (Å²) in [6.45, 7) is 5.40. The zero-order chi connectivity index (χ0) is 14.4. The Bertz CT molecular complexity index is 575. The van der Waals surface area contributed by atoms with E-state index in [1.54, 1.807) is 11.3 Å². The smallest absolute Gasteiger partial charge is 0.188 e. The number of hydrogen-bond donors (Lipinski definition) is 2. The third-order valence-electron chi connectivity index (χ3n) is 2.96. The summed E-state index contributed by atoms with van der Waals surface area (Å²) in [4.78, 5) is 9.91. The van der Waals surface area contributed by atoms with Crippen LogP contribution in [0.1, 0.15) is 21.1 Å². The Labute approximate surface area is 123 Å². The molecule has 1 heterocycles. The van der Waals surface area contributed by atoms with Gasteiger partial charge in [0.2, 0.25) is 0 Å². The number of benzene rings is 1. The van der Waals surface area contributed by atoms with Crippen LogP contribution in [0.2, 0.25) is 0 Å². The van der Waals surface area contributed by atoms with Crippen molar-refractivity contribution in [3.63, 3.8) is 0 Å². The quantitative estimate of drug-likeness (QED) is 0.656. The third-order valence-corrected chi connectivity index (χ3v) is 4.01. The molecular formula is C15H20N4S. The van der Waals surface area contributed by atoms with E-state index >= 15 is 0 Å². The summed E-state index contributed by atoms with van der Waals surface area (Å²) in [6, 6.07) is 10.3. The molecule has 0 unspecified atom stereocenters. The molecule has 1 aromatic heterocycles. The Kier molecular flexibility index (Phi) is 5.12. The Balaban J connectivity index is 1.78. The summed E-state index contributed by atoms with van der Waals surface area (Å²) in [6.07, 6.45) is 0.940. The van der Waals surface area contributed by atoms with Gasteiger partial charge in [-0.15, -0.1) is 11.3 Å². The number of aliphatic imine (C=N–C) groups is 1. The minimum atomic E-state index is 0.492. The zero-order valence-corrected chi connectivity index (χ0v) is 12.7. The van der Waals surface area contributed by atoms with E-state index in [2.05, 4.69) is 27.4 Å². The summed E-state index contributed by atoms with van der Waals surface area (Å²) in [5, 5.41) is 4.21. The minimum absolute atomic E-state index is 0.492. The molecule has 2 rings (SSSR count). The highest BCUT2D eigenvalue weighted by atomic mass is 32.1. The van der Waals surface area contributed by atoms with Gasteiger partial charge in [0.1, 0.15) is 0 Å². The van der Waals surface area contributed by atoms with Gasteiger partial charge in [-0.3, -0.25) is 0 Å². The second kappa shape index (κ2) is 7.05. The average Bonchev–Trinajstić information content (AvgIpc) is 2.76. The molecule has 2 aromatic rings. The number of nitrogens with one attached hydrogen (secondary N) is 1. The number of nitrogens with zero attached hydrogens (tertiary/aromatic N) is 2. The number of rotatable bonds is 5. The van der Waals surface area contributed by atoms with Crippen LogP contribution in [0.15, 0.2) is 35.3 Å². The van der Waals surface area contributed by atoms with Crippen LogP contribution in [-0.4, -0.2) is 17.5 Å². The van der Waals surface area contributed by atoms with E-state index in [0.29, 0.717) is 12.5 Å². The highest BCUT2D eigenvalue weighted by molar-refractivity contribution is 7.11. The monoisotopic (exact) mass is 288 g/mol. The highest BCUT2D eigenvalue weighted by Crippen LogP contribution is 2.17. The van der Waals surface area contributed by atoms with Crippen LogP contribution in [0.5, 0.6) is 0 Å². The molecule has 106 valence electrons. The van der Waals surface area contributed by atoms with Crippen LogP contribution in [0.25, 0.3) is 0 Å². The van der Waals surface area contributed by atoms with Gasteiger partial charge in [-0.05, 0) is 25.8 Å². The molecule has 0 fully saturated rings. The van der Waals surface area contributed by atoms with Crippen molar-refractivity contribution in [1.82, 2.24) is 10.3 Å². The topological polar surface area (TPSA) is 63.3 Å². The Hall–Kier alpha value is -1.88. The number of aromatic nitrogens is 1. The largest absolute Gasteiger partial charge is 0.370 e. The first-order valence-corrected chi connectivity index (χ1v) is 7.47. The second-order valence-electron chi connectivity index (χ2n) is 4.61. The van der Waals surface area contributed by atoms with Gasteiger partial charge in [0.05, 0.1) is 17.2 Å². The van der Waals surface area contributed by atoms with Crippen LogP contribution < -0.4 is 11.1 Å². The van der Waals surface area contributed by atoms with Crippen LogP contribution in [0.3, 0.4) is 0 Å². The van der Waals surface area contributed by atoms with Crippen LogP contribution in [-0.2, 0) is 13.0 Å². The van der Waals surface area contributed by atoms with Gasteiger partial charge >= 0.3 is 0 Å². The van der Waals surface area contributed by atoms with Gasteiger partial charge in [0, 0.05) is 11.4 Å². The highest BCUT2D eigenvalue weighted by Gasteiger charge is 2.03. The van der Waals surface area contributed by atoms with Gasteiger partial charge in [-0.25, -0.2) is 9.98 Å². The first-order valence-electron chi connectivity index (χ1n) is 6.66. The fraction of sp³-hybridized carbons (Fsp3) is 0.333. The van der Waals surface area contributed by atoms with Crippen LogP contribution in [0.4, 0.5) is 0 Å². The Morgan fingerprint density at radius 1 is 1.30 bits per heavy atom. The number of aryl methyl sites for hydroxylation is 2. The predicted molar refractivity (Wildman–Crippen MR) is 85.1 cm³/mol. The van der Waals surface area contributed by atoms with E-state index < -0.39 is 0 Å². The van der Waals surface area contributed by atoms with Crippen molar-refractivity contribution in [1.29, 1.82) is 0 Å². The van der Waals surface area contributed by atoms with Gasteiger partial charge in [-0.2, -0.15) is 0 Å². The summed E-state index contributed by atoms with van der Waals surface area (Å²) < 4.78 is 0. The zero-order valence-electron chi connectivity index (χ0n) is 11.9. The van der Waals surface area contributed by atoms with Gasteiger partial charge in [0.25, 0.3) is 0 Å². The lowest BCUT2D eigenvalue weighted by atomic mass is 10.1. The van der Waals surface area contributed by atoms with Gasteiger partial charge in [0.15, 0.2) is 5.96 Å². The number of hydrogen-bond acceptors (Lipinski definition) is 3. The molecule has 0 spiro atoms. The molecule has 0 saturated carbocycles. The van der Waals surface area contributed by atoms with Crippen LogP contribution >= 0.6 is 11.3 Å². The van der Waals surface area contributed by atoms with Crippen molar-refractivity contribution in [2.45, 2.75) is 26.8 Å². The first kappa shape index (κ1) is 14.5. The van der Waals surface area contributed by atoms with E-state index in [1.807, 2.05) is 32.0 Å². The maximum atomic E-state index is 5.87. The Morgan fingerprint density at radius 2 is 2.05 bits per heavy atom. The Morgan fingerprint density at radius 3 is 2.70 bits per heavy atom. The van der Waals surface area contributed by atoms with Crippen molar-refractivity contribution in [2.24, 2.45) is 10.7 Å². The van der Waals surface area contributed by atoms with Crippen molar-refractivity contribution < 1.29 is 0 Å². The summed E-state index contributed by atoms with van der Waals surface area (Å²) in [5.74, 6) is 0.492. The molecule has 1 aromatic carbocycles. The average molecular weight is 288 g/mol. The van der Waals surface area contributed by atoms with Crippen LogP contribution in [0, 0.1) is 13.8 Å². The fourth-order valence-electron chi connectivity index (χ4n) is 1.91. The van der Waals surface area contributed by atoms with Gasteiger partial charge < -0.3 is 11.1 Å². The maximum Gasteiger partial charge on any atom is 0.188 e. The predicted octanol–water partition coefficient (Wildman–Crippen LogP) is 2.41. The summed E-state index contributed by atoms with van der Waals surface area (Å²) in [5.41, 5.74) is 8.21. The SMILES string of the molecule is Cc1nc(C)c(CN=C(N)NCCc2ccccc2)s1. The van der Waals surface area contributed by atoms with Crippen molar-refractivity contribution >= 4 is 17.3 Å². The summed E-state index contributed by atoms with van der Waals surface area (Å²) in [7, 11) is 0. The fourth-order valence-corrected chi connectivity index (χ4v) is 2.77. The molecule has 5 heteroatoms. The van der Waals surface area contributed by atoms with Crippen molar-refractivity contribution in [2.75, 3.05) is 6.54 Å². The second-order valence-corrected chi connectivity index (χ2v) is 5.89. The molecule has 0 radical (unpaired) electrons. The van der Waals surface area contributed by atoms with Gasteiger partial charge in [-0.1, -0.05) is 30.3 Å². The third kappa shape index (κ3) is 4.35. The maximum absolute atomic E-state index is 5.87. The van der Waals surface area contributed by atoms with E-state index in [-0.39, 0.29) is 0 Å². The summed E-state index contributed by atoms with van der Waals surface area (Å²) >= 11 is 1.68. The molecule has 0 saturated heterocycles. The molecule has 0 aliphatic rings. The molecule has 20 heavy (non-hydrogen) atoms. The molecule has 4 nitrogen and oxygen atoms in total. The van der Waals surface area contributed by atoms with E-state index in [9.17, 15) is 0 Å². The van der Waals surface area contributed by atoms with E-state index in [1.165, 1.54) is 10.4 Å². The number of thiazole rings is 1. The first-order chi connectivity index (χ1) is 9.65. The molecule has 0 amide bonds. The lowest BCUT2D eigenvalue weighted by molar-refractivity contribution is 0.848. The normalized spacial score (nSPS) is 11.6. The van der Waals surface area contributed by atoms with Crippen molar-refractivity contribution in [3.05, 3.63) is 51.5 Å². The molecule has 0 bridgehead atoms. The standard InChI is InChI=1S/C15H20N4S/c1-11-14(20-12(2)19-11)10-18-15(16)17-9-8-13-6-4-3-5-7-13/h3-7H,8-10H2,1-2H3,(H3,16,17,18). The molecular weight excluding hydrogens is 268 g/mol. The molecule has 0 aliphatic carbocycles. The lowest BCUT2D eigenvalue weighted by Crippen LogP contribution is -2.33. The number of nitrogens with two attached hydrogens (primary N) is 1. The van der Waals surface area contributed by atoms with E-state index in [0.717, 1.165) is 23.7 Å². The lowest BCUT2D eigenvalue weighted by Gasteiger charge is -2.05. The van der Waals surface area contributed by atoms with E-state index in [4.69, 9.17) is 5.73 Å². The minimum Gasteiger partial charge on any atom is -0.370 e.